The van der Waals surface area contributed by atoms with Crippen molar-refractivity contribution in [2.45, 2.75) is 26.8 Å². The number of phenolic OH excluding ortho intramolecular Hbond substituents is 1. The van der Waals surface area contributed by atoms with Gasteiger partial charge in [-0.15, -0.1) is 0 Å². The van der Waals surface area contributed by atoms with E-state index in [0.29, 0.717) is 25.3 Å². The van der Waals surface area contributed by atoms with Gasteiger partial charge in [-0.25, -0.2) is 0 Å². The van der Waals surface area contributed by atoms with Crippen LogP contribution >= 0.6 is 0 Å². The summed E-state index contributed by atoms with van der Waals surface area (Å²) < 4.78 is 7.46. The average molecular weight is 329 g/mol. The number of phenols is 1. The molecule has 1 aliphatic rings. The first-order valence-electron chi connectivity index (χ1n) is 8.08. The molecule has 1 atom stereocenters. The fourth-order valence-corrected chi connectivity index (χ4v) is 3.33. The number of aromatic nitrogens is 2. The molecule has 1 saturated heterocycles. The zero-order valence-corrected chi connectivity index (χ0v) is 14.5. The Balaban J connectivity index is 2.01. The molecule has 6 nitrogen and oxygen atoms in total. The van der Waals surface area contributed by atoms with Crippen molar-refractivity contribution >= 4 is 5.91 Å². The first-order valence-corrected chi connectivity index (χ1v) is 8.08. The number of hydrogen-bond donors (Lipinski definition) is 1. The number of ether oxygens (including phenoxy) is 1. The van der Waals surface area contributed by atoms with Crippen LogP contribution in [0.1, 0.15) is 38.9 Å². The quantitative estimate of drug-likeness (QED) is 0.918. The zero-order chi connectivity index (χ0) is 17.4. The molecule has 2 aromatic rings. The van der Waals surface area contributed by atoms with E-state index in [4.69, 9.17) is 4.74 Å². The molecule has 6 heteroatoms. The summed E-state index contributed by atoms with van der Waals surface area (Å²) in [5, 5.41) is 14.6. The van der Waals surface area contributed by atoms with Crippen LogP contribution in [-0.4, -0.2) is 45.5 Å². The van der Waals surface area contributed by atoms with Crippen molar-refractivity contribution in [2.75, 3.05) is 19.8 Å². The van der Waals surface area contributed by atoms with Gasteiger partial charge >= 0.3 is 0 Å². The second kappa shape index (κ2) is 6.28. The zero-order valence-electron chi connectivity index (χ0n) is 14.5. The molecule has 0 radical (unpaired) electrons. The summed E-state index contributed by atoms with van der Waals surface area (Å²) in [5.41, 5.74) is 4.22. The van der Waals surface area contributed by atoms with Crippen molar-refractivity contribution in [3.8, 4) is 5.75 Å². The summed E-state index contributed by atoms with van der Waals surface area (Å²) in [6, 6.07) is 4.89. The van der Waals surface area contributed by atoms with E-state index in [2.05, 4.69) is 5.10 Å². The van der Waals surface area contributed by atoms with Gasteiger partial charge in [0.05, 0.1) is 30.5 Å². The number of nitrogens with zero attached hydrogens (tertiary/aromatic N) is 3. The van der Waals surface area contributed by atoms with Crippen LogP contribution in [0.5, 0.6) is 5.75 Å². The van der Waals surface area contributed by atoms with Gasteiger partial charge in [0.15, 0.2) is 0 Å². The van der Waals surface area contributed by atoms with Gasteiger partial charge in [-0.2, -0.15) is 5.10 Å². The molecule has 1 amide bonds. The van der Waals surface area contributed by atoms with Gasteiger partial charge in [0.2, 0.25) is 0 Å². The Kier molecular flexibility index (Phi) is 4.32. The Morgan fingerprint density at radius 1 is 1.33 bits per heavy atom. The lowest BCUT2D eigenvalue weighted by atomic mass is 10.0. The normalized spacial score (nSPS) is 18.0. The maximum absolute atomic E-state index is 13.1. The number of benzene rings is 1. The van der Waals surface area contributed by atoms with Crippen molar-refractivity contribution in [1.29, 1.82) is 0 Å². The Morgan fingerprint density at radius 2 is 2.08 bits per heavy atom. The third-order valence-electron chi connectivity index (χ3n) is 4.67. The van der Waals surface area contributed by atoms with Gasteiger partial charge in [-0.1, -0.05) is 11.6 Å². The standard InChI is InChI=1S/C18H23N3O3/c1-11-5-6-16(22)14(9-11)18(23)21-7-8-24-10-15(21)17-12(2)19-20(4)13(17)3/h5-6,9,15,22H,7-8,10H2,1-4H3/t15-/m0/s1. The third kappa shape index (κ3) is 2.78. The number of hydrogen-bond acceptors (Lipinski definition) is 4. The molecule has 0 unspecified atom stereocenters. The van der Waals surface area contributed by atoms with Crippen LogP contribution in [0.15, 0.2) is 18.2 Å². The minimum atomic E-state index is -0.195. The molecule has 2 heterocycles. The fraction of sp³-hybridized carbons (Fsp3) is 0.444. The number of aryl methyl sites for hydroxylation is 3. The van der Waals surface area contributed by atoms with E-state index < -0.39 is 0 Å². The van der Waals surface area contributed by atoms with Crippen molar-refractivity contribution in [1.82, 2.24) is 14.7 Å². The molecule has 1 aromatic carbocycles. The second-order valence-corrected chi connectivity index (χ2v) is 6.32. The SMILES string of the molecule is Cc1ccc(O)c(C(=O)N2CCOC[C@H]2c2c(C)nn(C)c2C)c1. The van der Waals surface area contributed by atoms with Crippen LogP contribution in [0.2, 0.25) is 0 Å². The van der Waals surface area contributed by atoms with Gasteiger partial charge in [0.1, 0.15) is 5.75 Å². The van der Waals surface area contributed by atoms with Gasteiger partial charge in [0, 0.05) is 24.8 Å². The number of amides is 1. The summed E-state index contributed by atoms with van der Waals surface area (Å²) >= 11 is 0. The molecule has 1 aliphatic heterocycles. The van der Waals surface area contributed by atoms with Gasteiger partial charge in [-0.3, -0.25) is 9.48 Å². The van der Waals surface area contributed by atoms with Crippen LogP contribution in [0, 0.1) is 20.8 Å². The Hall–Kier alpha value is -2.34. The number of rotatable bonds is 2. The molecular weight excluding hydrogens is 306 g/mol. The van der Waals surface area contributed by atoms with Gasteiger partial charge < -0.3 is 14.7 Å². The highest BCUT2D eigenvalue weighted by atomic mass is 16.5. The van der Waals surface area contributed by atoms with E-state index in [1.165, 1.54) is 0 Å². The number of aromatic hydroxyl groups is 1. The lowest BCUT2D eigenvalue weighted by molar-refractivity contribution is -0.00319. The molecule has 0 spiro atoms. The Morgan fingerprint density at radius 3 is 2.75 bits per heavy atom. The first-order chi connectivity index (χ1) is 11.4. The van der Waals surface area contributed by atoms with Crippen molar-refractivity contribution in [2.24, 2.45) is 7.05 Å². The van der Waals surface area contributed by atoms with E-state index in [9.17, 15) is 9.90 Å². The van der Waals surface area contributed by atoms with E-state index >= 15 is 0 Å². The summed E-state index contributed by atoms with van der Waals surface area (Å²) in [6.45, 7) is 7.27. The molecular formula is C18H23N3O3. The number of morpholine rings is 1. The summed E-state index contributed by atoms with van der Waals surface area (Å²) in [7, 11) is 1.90. The maximum Gasteiger partial charge on any atom is 0.258 e. The molecule has 0 saturated carbocycles. The molecule has 128 valence electrons. The highest BCUT2D eigenvalue weighted by Crippen LogP contribution is 2.32. The summed E-state index contributed by atoms with van der Waals surface area (Å²) in [5.74, 6) is -0.164. The molecule has 1 fully saturated rings. The van der Waals surface area contributed by atoms with Crippen LogP contribution in [-0.2, 0) is 11.8 Å². The third-order valence-corrected chi connectivity index (χ3v) is 4.67. The summed E-state index contributed by atoms with van der Waals surface area (Å²) in [4.78, 5) is 14.9. The average Bonchev–Trinajstić information content (AvgIpc) is 2.81. The van der Waals surface area contributed by atoms with Crippen molar-refractivity contribution < 1.29 is 14.6 Å². The van der Waals surface area contributed by atoms with E-state index in [-0.39, 0.29) is 17.7 Å². The topological polar surface area (TPSA) is 67.6 Å². The Labute approximate surface area is 141 Å². The van der Waals surface area contributed by atoms with E-state index in [0.717, 1.165) is 22.5 Å². The van der Waals surface area contributed by atoms with Crippen molar-refractivity contribution in [3.63, 3.8) is 0 Å². The molecule has 1 aromatic heterocycles. The minimum absolute atomic E-state index is 0.00970. The highest BCUT2D eigenvalue weighted by Gasteiger charge is 2.33. The predicted molar refractivity (Wildman–Crippen MR) is 90.1 cm³/mol. The predicted octanol–water partition coefficient (Wildman–Crippen LogP) is 2.26. The monoisotopic (exact) mass is 329 g/mol. The molecule has 3 rings (SSSR count). The minimum Gasteiger partial charge on any atom is -0.507 e. The second-order valence-electron chi connectivity index (χ2n) is 6.32. The Bertz CT molecular complexity index is 782. The van der Waals surface area contributed by atoms with Crippen LogP contribution in [0.25, 0.3) is 0 Å². The van der Waals surface area contributed by atoms with Gasteiger partial charge in [0.25, 0.3) is 5.91 Å². The molecule has 24 heavy (non-hydrogen) atoms. The van der Waals surface area contributed by atoms with E-state index in [1.807, 2.05) is 32.5 Å². The highest BCUT2D eigenvalue weighted by molar-refractivity contribution is 5.97. The maximum atomic E-state index is 13.1. The lowest BCUT2D eigenvalue weighted by Gasteiger charge is -2.36. The molecule has 0 bridgehead atoms. The fourth-order valence-electron chi connectivity index (χ4n) is 3.33. The number of carbonyl (C=O) groups excluding carboxylic acids is 1. The lowest BCUT2D eigenvalue weighted by Crippen LogP contribution is -2.43. The van der Waals surface area contributed by atoms with Crippen LogP contribution < -0.4 is 0 Å². The number of carbonyl (C=O) groups is 1. The smallest absolute Gasteiger partial charge is 0.258 e. The van der Waals surface area contributed by atoms with Gasteiger partial charge in [-0.05, 0) is 32.9 Å². The van der Waals surface area contributed by atoms with Crippen LogP contribution in [0.3, 0.4) is 0 Å². The molecule has 0 aliphatic carbocycles. The summed E-state index contributed by atoms with van der Waals surface area (Å²) in [6.07, 6.45) is 0. The van der Waals surface area contributed by atoms with Crippen molar-refractivity contribution in [3.05, 3.63) is 46.3 Å². The van der Waals surface area contributed by atoms with E-state index in [1.54, 1.807) is 23.1 Å². The van der Waals surface area contributed by atoms with Crippen LogP contribution in [0.4, 0.5) is 0 Å². The molecule has 1 N–H and O–H groups in total. The first kappa shape index (κ1) is 16.5. The largest absolute Gasteiger partial charge is 0.507 e.